The number of rotatable bonds is 4. The molecule has 1 saturated heterocycles. The molecule has 0 spiro atoms. The number of benzene rings is 1. The minimum atomic E-state index is -0.277. The van der Waals surface area contributed by atoms with Gasteiger partial charge in [-0.25, -0.2) is 4.79 Å². The average Bonchev–Trinajstić information content (AvgIpc) is 2.83. The SMILES string of the molecule is C[C@H]([NH2+]CC(=O)N1CCNC1=O)c1ccccc1. The Morgan fingerprint density at radius 3 is 2.78 bits per heavy atom. The number of carbonyl (C=O) groups excluding carboxylic acids is 2. The predicted octanol–water partition coefficient (Wildman–Crippen LogP) is -0.137. The van der Waals surface area contributed by atoms with Crippen LogP contribution in [0.25, 0.3) is 0 Å². The molecule has 96 valence electrons. The number of nitrogens with two attached hydrogens (primary N) is 1. The molecule has 0 unspecified atom stereocenters. The highest BCUT2D eigenvalue weighted by Crippen LogP contribution is 2.06. The second kappa shape index (κ2) is 5.64. The van der Waals surface area contributed by atoms with Gasteiger partial charge in [-0.2, -0.15) is 0 Å². The highest BCUT2D eigenvalue weighted by molar-refractivity contribution is 5.96. The number of hydrogen-bond donors (Lipinski definition) is 2. The molecule has 0 radical (unpaired) electrons. The fourth-order valence-corrected chi connectivity index (χ4v) is 1.99. The van der Waals surface area contributed by atoms with Crippen LogP contribution < -0.4 is 10.6 Å². The Hall–Kier alpha value is -1.88. The number of imide groups is 1. The maximum Gasteiger partial charge on any atom is 0.324 e. The van der Waals surface area contributed by atoms with Gasteiger partial charge in [0.15, 0.2) is 6.54 Å². The summed E-state index contributed by atoms with van der Waals surface area (Å²) >= 11 is 0. The van der Waals surface area contributed by atoms with E-state index in [1.807, 2.05) is 42.6 Å². The van der Waals surface area contributed by atoms with E-state index >= 15 is 0 Å². The van der Waals surface area contributed by atoms with Crippen LogP contribution in [-0.4, -0.2) is 36.5 Å². The minimum absolute atomic E-state index is 0.132. The largest absolute Gasteiger partial charge is 0.336 e. The van der Waals surface area contributed by atoms with Crippen molar-refractivity contribution in [3.05, 3.63) is 35.9 Å². The molecule has 1 atom stereocenters. The number of carbonyl (C=O) groups is 2. The molecule has 0 saturated carbocycles. The molecule has 1 aromatic rings. The van der Waals surface area contributed by atoms with E-state index in [-0.39, 0.29) is 18.0 Å². The summed E-state index contributed by atoms with van der Waals surface area (Å²) in [5.74, 6) is -0.132. The van der Waals surface area contributed by atoms with Gasteiger partial charge < -0.3 is 10.6 Å². The van der Waals surface area contributed by atoms with E-state index in [1.165, 1.54) is 10.5 Å². The summed E-state index contributed by atoms with van der Waals surface area (Å²) in [7, 11) is 0. The zero-order valence-corrected chi connectivity index (χ0v) is 10.4. The first-order chi connectivity index (χ1) is 8.68. The molecule has 3 amide bonds. The van der Waals surface area contributed by atoms with Crippen molar-refractivity contribution in [3.63, 3.8) is 0 Å². The second-order valence-corrected chi connectivity index (χ2v) is 4.42. The van der Waals surface area contributed by atoms with Gasteiger partial charge in [0.25, 0.3) is 5.91 Å². The molecule has 0 aromatic heterocycles. The van der Waals surface area contributed by atoms with Crippen molar-refractivity contribution in [2.75, 3.05) is 19.6 Å². The van der Waals surface area contributed by atoms with E-state index in [0.717, 1.165) is 0 Å². The lowest BCUT2D eigenvalue weighted by atomic mass is 10.1. The van der Waals surface area contributed by atoms with Gasteiger partial charge in [-0.05, 0) is 6.92 Å². The summed E-state index contributed by atoms with van der Waals surface area (Å²) in [5, 5.41) is 4.57. The molecular weight excluding hydrogens is 230 g/mol. The van der Waals surface area contributed by atoms with Gasteiger partial charge >= 0.3 is 6.03 Å². The van der Waals surface area contributed by atoms with E-state index in [0.29, 0.717) is 19.6 Å². The molecule has 3 N–H and O–H groups in total. The van der Waals surface area contributed by atoms with Crippen molar-refractivity contribution in [3.8, 4) is 0 Å². The van der Waals surface area contributed by atoms with Crippen molar-refractivity contribution in [2.45, 2.75) is 13.0 Å². The Morgan fingerprint density at radius 2 is 2.17 bits per heavy atom. The van der Waals surface area contributed by atoms with E-state index in [2.05, 4.69) is 5.32 Å². The predicted molar refractivity (Wildman–Crippen MR) is 66.8 cm³/mol. The van der Waals surface area contributed by atoms with Crippen LogP contribution in [0.4, 0.5) is 4.79 Å². The van der Waals surface area contributed by atoms with Crippen molar-refractivity contribution >= 4 is 11.9 Å². The van der Waals surface area contributed by atoms with Crippen LogP contribution in [0.15, 0.2) is 30.3 Å². The third kappa shape index (κ3) is 2.87. The maximum atomic E-state index is 11.8. The smallest absolute Gasteiger partial charge is 0.324 e. The third-order valence-electron chi connectivity index (χ3n) is 3.13. The van der Waals surface area contributed by atoms with Gasteiger partial charge in [-0.15, -0.1) is 0 Å². The van der Waals surface area contributed by atoms with Gasteiger partial charge in [0.05, 0.1) is 0 Å². The van der Waals surface area contributed by atoms with Crippen molar-refractivity contribution < 1.29 is 14.9 Å². The fourth-order valence-electron chi connectivity index (χ4n) is 1.99. The highest BCUT2D eigenvalue weighted by atomic mass is 16.2. The lowest BCUT2D eigenvalue weighted by molar-refractivity contribution is -0.683. The van der Waals surface area contributed by atoms with Gasteiger partial charge in [0.1, 0.15) is 6.04 Å². The number of quaternary nitrogens is 1. The summed E-state index contributed by atoms with van der Waals surface area (Å²) in [6.07, 6.45) is 0. The molecule has 1 aromatic carbocycles. The van der Waals surface area contributed by atoms with Crippen LogP contribution in [0, 0.1) is 0 Å². The molecule has 5 nitrogen and oxygen atoms in total. The molecule has 1 aliphatic heterocycles. The van der Waals surface area contributed by atoms with Gasteiger partial charge in [-0.3, -0.25) is 9.69 Å². The minimum Gasteiger partial charge on any atom is -0.336 e. The first-order valence-electron chi connectivity index (χ1n) is 6.15. The number of nitrogens with zero attached hydrogens (tertiary/aromatic N) is 1. The highest BCUT2D eigenvalue weighted by Gasteiger charge is 2.27. The van der Waals surface area contributed by atoms with Crippen LogP contribution in [0.2, 0.25) is 0 Å². The standard InChI is InChI=1S/C13H17N3O2/c1-10(11-5-3-2-4-6-11)15-9-12(17)16-8-7-14-13(16)18/h2-6,10,15H,7-9H2,1H3,(H,14,18)/p+1/t10-/m0/s1. The van der Waals surface area contributed by atoms with Crippen LogP contribution in [0.1, 0.15) is 18.5 Å². The van der Waals surface area contributed by atoms with Gasteiger partial charge in [-0.1, -0.05) is 30.3 Å². The number of amides is 3. The molecule has 1 heterocycles. The Morgan fingerprint density at radius 1 is 1.44 bits per heavy atom. The van der Waals surface area contributed by atoms with E-state index in [9.17, 15) is 9.59 Å². The molecule has 1 fully saturated rings. The van der Waals surface area contributed by atoms with Crippen LogP contribution in [0.5, 0.6) is 0 Å². The van der Waals surface area contributed by atoms with E-state index in [1.54, 1.807) is 0 Å². The number of hydrogen-bond acceptors (Lipinski definition) is 2. The van der Waals surface area contributed by atoms with Crippen LogP contribution >= 0.6 is 0 Å². The summed E-state index contributed by atoms with van der Waals surface area (Å²) in [4.78, 5) is 24.4. The summed E-state index contributed by atoms with van der Waals surface area (Å²) < 4.78 is 0. The summed E-state index contributed by atoms with van der Waals surface area (Å²) in [5.41, 5.74) is 1.18. The van der Waals surface area contributed by atoms with Crippen molar-refractivity contribution in [2.24, 2.45) is 0 Å². The summed E-state index contributed by atoms with van der Waals surface area (Å²) in [6.45, 7) is 3.38. The lowest BCUT2D eigenvalue weighted by Crippen LogP contribution is -2.87. The third-order valence-corrected chi connectivity index (χ3v) is 3.13. The lowest BCUT2D eigenvalue weighted by Gasteiger charge is -2.14. The second-order valence-electron chi connectivity index (χ2n) is 4.42. The van der Waals surface area contributed by atoms with E-state index < -0.39 is 0 Å². The maximum absolute atomic E-state index is 11.8. The molecule has 5 heteroatoms. The Kier molecular flexibility index (Phi) is 3.94. The molecule has 18 heavy (non-hydrogen) atoms. The molecular formula is C13H18N3O2+. The zero-order chi connectivity index (χ0) is 13.0. The number of nitrogens with one attached hydrogen (secondary N) is 1. The Balaban J connectivity index is 1.84. The van der Waals surface area contributed by atoms with Gasteiger partial charge in [0.2, 0.25) is 0 Å². The van der Waals surface area contributed by atoms with E-state index in [4.69, 9.17) is 0 Å². The zero-order valence-electron chi connectivity index (χ0n) is 10.4. The Labute approximate surface area is 106 Å². The van der Waals surface area contributed by atoms with Crippen molar-refractivity contribution in [1.29, 1.82) is 0 Å². The number of urea groups is 1. The first kappa shape index (κ1) is 12.6. The van der Waals surface area contributed by atoms with Crippen molar-refractivity contribution in [1.82, 2.24) is 10.2 Å². The van der Waals surface area contributed by atoms with Crippen LogP contribution in [0.3, 0.4) is 0 Å². The Bertz CT molecular complexity index is 433. The van der Waals surface area contributed by atoms with Crippen LogP contribution in [-0.2, 0) is 4.79 Å². The molecule has 1 aliphatic rings. The molecule has 2 rings (SSSR count). The molecule has 0 bridgehead atoms. The monoisotopic (exact) mass is 248 g/mol. The quantitative estimate of drug-likeness (QED) is 0.779. The molecule has 0 aliphatic carbocycles. The first-order valence-corrected chi connectivity index (χ1v) is 6.15. The normalized spacial score (nSPS) is 16.5. The topological polar surface area (TPSA) is 66.0 Å². The van der Waals surface area contributed by atoms with Gasteiger partial charge in [0, 0.05) is 18.7 Å². The summed E-state index contributed by atoms with van der Waals surface area (Å²) in [6, 6.07) is 9.94. The fraction of sp³-hybridized carbons (Fsp3) is 0.385. The average molecular weight is 248 g/mol.